The van der Waals surface area contributed by atoms with Crippen molar-refractivity contribution < 1.29 is 4.74 Å². The molecule has 0 aliphatic heterocycles. The molecule has 0 bridgehead atoms. The average molecular weight is 247 g/mol. The number of benzene rings is 1. The third-order valence-electron chi connectivity index (χ3n) is 2.39. The molecular weight excluding hydrogens is 230 g/mol. The Balaban J connectivity index is 1.69. The number of hydrogen-bond acceptors (Lipinski definition) is 3. The van der Waals surface area contributed by atoms with E-state index >= 15 is 0 Å². The maximum atomic E-state index is 5.77. The number of rotatable bonds is 6. The van der Waals surface area contributed by atoms with Crippen LogP contribution in [0.15, 0.2) is 47.8 Å². The van der Waals surface area contributed by atoms with Crippen molar-refractivity contribution in [3.8, 4) is 5.75 Å². The van der Waals surface area contributed by atoms with Crippen molar-refractivity contribution in [3.63, 3.8) is 0 Å². The normalized spacial score (nSPS) is 12.3. The van der Waals surface area contributed by atoms with Gasteiger partial charge in [-0.2, -0.15) is 0 Å². The molecule has 0 spiro atoms. The molecule has 1 unspecified atom stereocenters. The third-order valence-corrected chi connectivity index (χ3v) is 3.27. The Morgan fingerprint density at radius 3 is 2.71 bits per heavy atom. The van der Waals surface area contributed by atoms with Gasteiger partial charge in [0.2, 0.25) is 0 Å². The maximum Gasteiger partial charge on any atom is 0.119 e. The minimum Gasteiger partial charge on any atom is -0.489 e. The second-order valence-corrected chi connectivity index (χ2v) is 4.98. The maximum absolute atomic E-state index is 5.77. The van der Waals surface area contributed by atoms with Crippen molar-refractivity contribution in [2.75, 3.05) is 6.54 Å². The van der Waals surface area contributed by atoms with Crippen LogP contribution in [0, 0.1) is 0 Å². The van der Waals surface area contributed by atoms with Gasteiger partial charge in [0.15, 0.2) is 0 Å². The number of para-hydroxylation sites is 1. The molecule has 0 radical (unpaired) electrons. The number of hydrogen-bond donors (Lipinski definition) is 1. The van der Waals surface area contributed by atoms with Crippen molar-refractivity contribution in [1.29, 1.82) is 0 Å². The van der Waals surface area contributed by atoms with Gasteiger partial charge in [-0.3, -0.25) is 0 Å². The molecule has 2 aromatic rings. The van der Waals surface area contributed by atoms with E-state index in [2.05, 4.69) is 29.8 Å². The SMILES string of the molecule is CC(CNCc1cccs1)Oc1ccccc1. The Morgan fingerprint density at radius 1 is 1.18 bits per heavy atom. The molecule has 1 aromatic heterocycles. The summed E-state index contributed by atoms with van der Waals surface area (Å²) < 4.78 is 5.77. The first-order chi connectivity index (χ1) is 8.34. The van der Waals surface area contributed by atoms with Crippen LogP contribution in [0.2, 0.25) is 0 Å². The molecule has 90 valence electrons. The zero-order valence-corrected chi connectivity index (χ0v) is 10.7. The fraction of sp³-hybridized carbons (Fsp3) is 0.286. The van der Waals surface area contributed by atoms with E-state index < -0.39 is 0 Å². The van der Waals surface area contributed by atoms with Crippen molar-refractivity contribution >= 4 is 11.3 Å². The van der Waals surface area contributed by atoms with Gasteiger partial charge < -0.3 is 10.1 Å². The second-order valence-electron chi connectivity index (χ2n) is 3.95. The lowest BCUT2D eigenvalue weighted by molar-refractivity contribution is 0.217. The minimum atomic E-state index is 0.178. The molecule has 1 aromatic carbocycles. The first kappa shape index (κ1) is 12.1. The van der Waals surface area contributed by atoms with Crippen LogP contribution >= 0.6 is 11.3 Å². The molecule has 1 heterocycles. The van der Waals surface area contributed by atoms with Crippen LogP contribution in [0.4, 0.5) is 0 Å². The monoisotopic (exact) mass is 247 g/mol. The van der Waals surface area contributed by atoms with E-state index in [1.54, 1.807) is 11.3 Å². The van der Waals surface area contributed by atoms with Crippen LogP contribution in [0.1, 0.15) is 11.8 Å². The molecule has 1 atom stereocenters. The summed E-state index contributed by atoms with van der Waals surface area (Å²) in [5.74, 6) is 0.929. The largest absolute Gasteiger partial charge is 0.489 e. The van der Waals surface area contributed by atoms with E-state index in [1.165, 1.54) is 4.88 Å². The van der Waals surface area contributed by atoms with E-state index in [0.717, 1.165) is 18.8 Å². The van der Waals surface area contributed by atoms with Gasteiger partial charge in [-0.25, -0.2) is 0 Å². The average Bonchev–Trinajstić information content (AvgIpc) is 2.83. The predicted octanol–water partition coefficient (Wildman–Crippen LogP) is 3.31. The molecule has 17 heavy (non-hydrogen) atoms. The van der Waals surface area contributed by atoms with Gasteiger partial charge in [-0.1, -0.05) is 24.3 Å². The Morgan fingerprint density at radius 2 is 2.00 bits per heavy atom. The Bertz CT molecular complexity index is 413. The summed E-state index contributed by atoms with van der Waals surface area (Å²) in [6.07, 6.45) is 0.178. The van der Waals surface area contributed by atoms with Crippen LogP contribution < -0.4 is 10.1 Å². The van der Waals surface area contributed by atoms with Gasteiger partial charge in [0.1, 0.15) is 11.9 Å². The van der Waals surface area contributed by atoms with E-state index in [9.17, 15) is 0 Å². The molecule has 0 saturated heterocycles. The first-order valence-corrected chi connectivity index (χ1v) is 6.67. The smallest absolute Gasteiger partial charge is 0.119 e. The molecule has 2 nitrogen and oxygen atoms in total. The van der Waals surface area contributed by atoms with Crippen LogP contribution in [-0.4, -0.2) is 12.6 Å². The molecule has 3 heteroatoms. The van der Waals surface area contributed by atoms with E-state index in [0.29, 0.717) is 0 Å². The zero-order valence-electron chi connectivity index (χ0n) is 9.93. The number of nitrogens with one attached hydrogen (secondary N) is 1. The zero-order chi connectivity index (χ0) is 11.9. The highest BCUT2D eigenvalue weighted by Gasteiger charge is 2.03. The van der Waals surface area contributed by atoms with Crippen molar-refractivity contribution in [2.24, 2.45) is 0 Å². The van der Waals surface area contributed by atoms with Crippen molar-refractivity contribution in [3.05, 3.63) is 52.7 Å². The lowest BCUT2D eigenvalue weighted by Gasteiger charge is -2.15. The van der Waals surface area contributed by atoms with Gasteiger partial charge in [0.25, 0.3) is 0 Å². The summed E-state index contributed by atoms with van der Waals surface area (Å²) in [7, 11) is 0. The highest BCUT2D eigenvalue weighted by atomic mass is 32.1. The lowest BCUT2D eigenvalue weighted by Crippen LogP contribution is -2.28. The number of ether oxygens (including phenoxy) is 1. The van der Waals surface area contributed by atoms with Crippen molar-refractivity contribution in [1.82, 2.24) is 5.32 Å². The lowest BCUT2D eigenvalue weighted by atomic mass is 10.3. The summed E-state index contributed by atoms with van der Waals surface area (Å²) in [4.78, 5) is 1.36. The topological polar surface area (TPSA) is 21.3 Å². The fourth-order valence-electron chi connectivity index (χ4n) is 1.58. The molecule has 0 aliphatic rings. The Kier molecular flexibility index (Phi) is 4.59. The van der Waals surface area contributed by atoms with Gasteiger partial charge >= 0.3 is 0 Å². The summed E-state index contributed by atoms with van der Waals surface area (Å²) in [6, 6.07) is 14.1. The highest BCUT2D eigenvalue weighted by Crippen LogP contribution is 2.11. The van der Waals surface area contributed by atoms with Gasteiger partial charge in [-0.05, 0) is 30.5 Å². The van der Waals surface area contributed by atoms with Gasteiger partial charge in [0.05, 0.1) is 0 Å². The van der Waals surface area contributed by atoms with Crippen LogP contribution in [0.25, 0.3) is 0 Å². The van der Waals surface area contributed by atoms with Gasteiger partial charge in [0, 0.05) is 18.0 Å². The third kappa shape index (κ3) is 4.21. The Labute approximate surface area is 106 Å². The quantitative estimate of drug-likeness (QED) is 0.845. The van der Waals surface area contributed by atoms with Crippen LogP contribution in [-0.2, 0) is 6.54 Å². The molecular formula is C14H17NOS. The standard InChI is InChI=1S/C14H17NOS/c1-12(16-13-6-3-2-4-7-13)10-15-11-14-8-5-9-17-14/h2-9,12,15H,10-11H2,1H3. The molecule has 0 saturated carbocycles. The van der Waals surface area contributed by atoms with Crippen molar-refractivity contribution in [2.45, 2.75) is 19.6 Å². The Hall–Kier alpha value is -1.32. The summed E-state index contributed by atoms with van der Waals surface area (Å²) in [5.41, 5.74) is 0. The van der Waals surface area contributed by atoms with Crippen LogP contribution in [0.5, 0.6) is 5.75 Å². The molecule has 2 rings (SSSR count). The molecule has 0 fully saturated rings. The van der Waals surface area contributed by atoms with Gasteiger partial charge in [-0.15, -0.1) is 11.3 Å². The summed E-state index contributed by atoms with van der Waals surface area (Å²) >= 11 is 1.78. The molecule has 0 aliphatic carbocycles. The molecule has 1 N–H and O–H groups in total. The van der Waals surface area contributed by atoms with E-state index in [4.69, 9.17) is 4.74 Å². The van der Waals surface area contributed by atoms with E-state index in [1.807, 2.05) is 30.3 Å². The predicted molar refractivity (Wildman–Crippen MR) is 72.6 cm³/mol. The minimum absolute atomic E-state index is 0.178. The number of thiophene rings is 1. The second kappa shape index (κ2) is 6.42. The fourth-order valence-corrected chi connectivity index (χ4v) is 2.26. The highest BCUT2D eigenvalue weighted by molar-refractivity contribution is 7.09. The summed E-state index contributed by atoms with van der Waals surface area (Å²) in [6.45, 7) is 3.85. The van der Waals surface area contributed by atoms with Crippen LogP contribution in [0.3, 0.4) is 0 Å². The first-order valence-electron chi connectivity index (χ1n) is 5.79. The summed E-state index contributed by atoms with van der Waals surface area (Å²) in [5, 5.41) is 5.49. The molecule has 0 amide bonds. The van der Waals surface area contributed by atoms with E-state index in [-0.39, 0.29) is 6.10 Å².